The van der Waals surface area contributed by atoms with Crippen molar-refractivity contribution in [3.05, 3.63) is 261 Å². The first-order valence-corrected chi connectivity index (χ1v) is 51.7. The van der Waals surface area contributed by atoms with E-state index in [9.17, 15) is 0 Å². The predicted octanol–water partition coefficient (Wildman–Crippen LogP) is 37.1. The van der Waals surface area contributed by atoms with E-state index in [1.807, 2.05) is 34.0 Å². The molecule has 0 amide bonds. The Kier molecular flexibility index (Phi) is 31.1. The molecule has 15 rings (SSSR count). The van der Waals surface area contributed by atoms with Crippen molar-refractivity contribution in [2.75, 3.05) is 0 Å². The number of aryl methyl sites for hydroxylation is 4. The van der Waals surface area contributed by atoms with Gasteiger partial charge in [0.15, 0.2) is 0 Å². The van der Waals surface area contributed by atoms with E-state index in [-0.39, 0.29) is 0 Å². The summed E-state index contributed by atoms with van der Waals surface area (Å²) in [5.41, 5.74) is 21.6. The van der Waals surface area contributed by atoms with Crippen molar-refractivity contribution in [3.63, 3.8) is 0 Å². The Balaban J connectivity index is 0.865. The molecular formula is C110H132S6. The molecule has 6 aromatic heterocycles. The number of hydrogen-bond donors (Lipinski definition) is 0. The molecule has 0 radical (unpaired) electrons. The Labute approximate surface area is 723 Å². The molecule has 0 spiro atoms. The maximum absolute atomic E-state index is 2.82. The van der Waals surface area contributed by atoms with Gasteiger partial charge in [0.05, 0.1) is 20.2 Å². The Morgan fingerprint density at radius 3 is 0.767 bits per heavy atom. The summed E-state index contributed by atoms with van der Waals surface area (Å²) in [5.74, 6) is 0. The zero-order valence-corrected chi connectivity index (χ0v) is 75.9. The van der Waals surface area contributed by atoms with E-state index in [1.54, 1.807) is 0 Å². The highest BCUT2D eigenvalue weighted by Crippen LogP contribution is 2.69. The number of rotatable bonds is 51. The quantitative estimate of drug-likeness (QED) is 0.0333. The summed E-state index contributed by atoms with van der Waals surface area (Å²) in [7, 11) is 0. The summed E-state index contributed by atoms with van der Waals surface area (Å²) in [4.78, 5) is 8.39. The zero-order chi connectivity index (χ0) is 79.1. The maximum atomic E-state index is 2.82. The van der Waals surface area contributed by atoms with Crippen LogP contribution in [0.15, 0.2) is 194 Å². The minimum Gasteiger partial charge on any atom is -0.134 e. The van der Waals surface area contributed by atoms with E-state index in [1.165, 1.54) is 403 Å². The number of fused-ring (bicyclic) bond motifs is 11. The molecule has 0 aliphatic heterocycles. The van der Waals surface area contributed by atoms with Gasteiger partial charge in [-0.15, -0.1) is 68.0 Å². The summed E-state index contributed by atoms with van der Waals surface area (Å²) < 4.78 is 8.49. The van der Waals surface area contributed by atoms with Crippen LogP contribution in [-0.4, -0.2) is 0 Å². The first kappa shape index (κ1) is 84.5. The van der Waals surface area contributed by atoms with Crippen LogP contribution in [0.1, 0.15) is 351 Å². The summed E-state index contributed by atoms with van der Waals surface area (Å²) in [6, 6.07) is 79.4. The van der Waals surface area contributed by atoms with Gasteiger partial charge >= 0.3 is 0 Å². The van der Waals surface area contributed by atoms with Gasteiger partial charge in [-0.2, -0.15) is 0 Å². The highest BCUT2D eigenvalue weighted by molar-refractivity contribution is 7.35. The molecule has 0 saturated carbocycles. The highest BCUT2D eigenvalue weighted by atomic mass is 32.1. The Morgan fingerprint density at radius 2 is 0.457 bits per heavy atom. The minimum absolute atomic E-state index is 0.589. The summed E-state index contributed by atoms with van der Waals surface area (Å²) in [6.07, 6.45) is 58.8. The van der Waals surface area contributed by atoms with Crippen LogP contribution in [-0.2, 0) is 36.5 Å². The number of unbranched alkanes of at least 4 members (excludes halogenated alkanes) is 36. The van der Waals surface area contributed by atoms with Crippen molar-refractivity contribution >= 4 is 96.2 Å². The second kappa shape index (κ2) is 42.6. The van der Waals surface area contributed by atoms with Crippen molar-refractivity contribution in [2.24, 2.45) is 0 Å². The number of benzene rings is 7. The predicted molar refractivity (Wildman–Crippen MR) is 519 cm³/mol. The van der Waals surface area contributed by atoms with Crippen LogP contribution in [0, 0.1) is 0 Å². The van der Waals surface area contributed by atoms with Crippen LogP contribution in [0.3, 0.4) is 0 Å². The molecule has 13 aromatic rings. The van der Waals surface area contributed by atoms with Crippen molar-refractivity contribution < 1.29 is 0 Å². The van der Waals surface area contributed by atoms with Crippen molar-refractivity contribution in [1.82, 2.24) is 0 Å². The normalized spacial score (nSPS) is 13.3. The van der Waals surface area contributed by atoms with E-state index in [4.69, 9.17) is 0 Å². The topological polar surface area (TPSA) is 0 Å². The monoisotopic (exact) mass is 1640 g/mol. The fourth-order valence-electron chi connectivity index (χ4n) is 19.8. The van der Waals surface area contributed by atoms with Crippen LogP contribution >= 0.6 is 68.0 Å². The van der Waals surface area contributed by atoms with E-state index >= 15 is 0 Å². The second-order valence-electron chi connectivity index (χ2n) is 34.9. The van der Waals surface area contributed by atoms with Gasteiger partial charge < -0.3 is 0 Å². The van der Waals surface area contributed by atoms with E-state index in [0.717, 1.165) is 25.7 Å². The van der Waals surface area contributed by atoms with Gasteiger partial charge in [0.1, 0.15) is 0 Å². The molecule has 2 aliphatic carbocycles. The van der Waals surface area contributed by atoms with Crippen molar-refractivity contribution in [2.45, 2.75) is 321 Å². The highest BCUT2D eigenvalue weighted by Gasteiger charge is 2.54. The summed E-state index contributed by atoms with van der Waals surface area (Å²) >= 11 is 12.2. The SMILES string of the molecule is CCCCCCCCCCCCc1ccc(C2(c3ccc(CCCCCCCCCCCC)cc3)c3cc4c(cc3-c3sc5cc(-c6ccccc6)sc5c32)C(c2ccc(CCCCCCCCCCCC)cc2)(c2ccc(CCCCCCCCCCCC)cc2)c2c-4sc3cc(-c4cc5sc(-c6ccccc6)cc5s4)sc23)cc1. The summed E-state index contributed by atoms with van der Waals surface area (Å²) in [5, 5.41) is 0. The maximum Gasteiger partial charge on any atom is 0.0736 e. The lowest BCUT2D eigenvalue weighted by molar-refractivity contribution is 0.556. The molecule has 2 aliphatic rings. The average Bonchev–Trinajstić information content (AvgIpc) is 1.49. The Bertz CT molecular complexity index is 4950. The molecule has 7 aromatic carbocycles. The zero-order valence-electron chi connectivity index (χ0n) is 71.0. The number of hydrogen-bond acceptors (Lipinski definition) is 6. The lowest BCUT2D eigenvalue weighted by Crippen LogP contribution is -2.30. The van der Waals surface area contributed by atoms with Gasteiger partial charge in [0.2, 0.25) is 0 Å². The first-order valence-electron chi connectivity index (χ1n) is 46.8. The molecule has 0 atom stereocenters. The van der Waals surface area contributed by atoms with Crippen molar-refractivity contribution in [3.8, 4) is 51.5 Å². The van der Waals surface area contributed by atoms with Crippen LogP contribution in [0.2, 0.25) is 0 Å². The minimum atomic E-state index is -0.598. The number of thiophene rings is 6. The molecule has 0 bridgehead atoms. The molecule has 0 nitrogen and oxygen atoms in total. The van der Waals surface area contributed by atoms with Gasteiger partial charge in [-0.25, -0.2) is 0 Å². The molecule has 6 heteroatoms. The van der Waals surface area contributed by atoms with Gasteiger partial charge in [0.25, 0.3) is 0 Å². The van der Waals surface area contributed by atoms with E-state index in [2.05, 4.69) is 256 Å². The Hall–Kier alpha value is -6.48. The van der Waals surface area contributed by atoms with Gasteiger partial charge in [-0.05, 0) is 166 Å². The second-order valence-corrected chi connectivity index (χ2v) is 41.2. The largest absolute Gasteiger partial charge is 0.134 e. The van der Waals surface area contributed by atoms with Gasteiger partial charge in [0, 0.05) is 59.2 Å². The van der Waals surface area contributed by atoms with Crippen LogP contribution in [0.25, 0.3) is 79.7 Å². The standard InChI is InChI=1S/C110H132S6/c1-5-9-13-17-21-25-29-33-37-43-51-81-59-67-87(68-60-81)109(88-69-61-82(62-70-88)52-44-38-34-30-26-22-18-14-10-6-2)93-76-92-94(75-91(93)105-103(109)107-101(115-105)78-96(113-107)86-57-49-42-50-58-86)110(89-71-63-83(64-72-89)53-45-39-35-31-27-23-19-15-11-7-3,90-73-65-84(66-74-90)54-46-40-36-32-28-24-20-16-12-8-4)104-106(92)116-102-80-100(114-108(102)104)99-79-98-97(112-99)77-95(111-98)85-55-47-41-48-56-85/h41-42,47-50,55-80H,5-40,43-46,51-54H2,1-4H3. The third-order valence-electron chi connectivity index (χ3n) is 26.3. The van der Waals surface area contributed by atoms with Gasteiger partial charge in [-0.3, -0.25) is 0 Å². The van der Waals surface area contributed by atoms with Crippen LogP contribution in [0.4, 0.5) is 0 Å². The molecule has 0 N–H and O–H groups in total. The first-order chi connectivity index (χ1) is 57.4. The van der Waals surface area contributed by atoms with Crippen LogP contribution in [0.5, 0.6) is 0 Å². The molecule has 608 valence electrons. The Morgan fingerprint density at radius 1 is 0.216 bits per heavy atom. The lowest BCUT2D eigenvalue weighted by atomic mass is 9.65. The molecule has 6 heterocycles. The van der Waals surface area contributed by atoms with Gasteiger partial charge in [-0.1, -0.05) is 417 Å². The molecule has 116 heavy (non-hydrogen) atoms. The smallest absolute Gasteiger partial charge is 0.0736 e. The molecule has 0 unspecified atom stereocenters. The molecular weight excluding hydrogens is 1510 g/mol. The fourth-order valence-corrected chi connectivity index (χ4v) is 27.8. The third kappa shape index (κ3) is 19.6. The summed E-state index contributed by atoms with van der Waals surface area (Å²) in [6.45, 7) is 9.32. The van der Waals surface area contributed by atoms with Crippen LogP contribution < -0.4 is 0 Å². The third-order valence-corrected chi connectivity index (χ3v) is 33.8. The average molecular weight is 1650 g/mol. The fraction of sp³-hybridized carbons (Fsp3) is 0.455. The molecule has 0 saturated heterocycles. The van der Waals surface area contributed by atoms with E-state index < -0.39 is 10.8 Å². The lowest BCUT2D eigenvalue weighted by Gasteiger charge is -2.36. The van der Waals surface area contributed by atoms with E-state index in [0.29, 0.717) is 0 Å². The molecule has 0 fully saturated rings. The van der Waals surface area contributed by atoms with Crippen molar-refractivity contribution in [1.29, 1.82) is 0 Å².